The molecule has 6 heteroatoms. The maximum atomic E-state index is 13.9. The van der Waals surface area contributed by atoms with E-state index in [4.69, 9.17) is 0 Å². The Morgan fingerprint density at radius 3 is 2.70 bits per heavy atom. The molecule has 20 heavy (non-hydrogen) atoms. The average Bonchev–Trinajstić information content (AvgIpc) is 2.88. The Labute approximate surface area is 115 Å². The number of carbonyl (C=O) groups is 1. The van der Waals surface area contributed by atoms with Crippen LogP contribution in [0.5, 0.6) is 0 Å². The largest absolute Gasteiger partial charge is 0.328 e. The van der Waals surface area contributed by atoms with Crippen LogP contribution in [-0.4, -0.2) is 16.2 Å². The highest BCUT2D eigenvalue weighted by atomic mass is 19.1. The number of urea groups is 1. The van der Waals surface area contributed by atoms with Crippen LogP contribution in [0.2, 0.25) is 0 Å². The highest BCUT2D eigenvalue weighted by Crippen LogP contribution is 2.42. The van der Waals surface area contributed by atoms with Gasteiger partial charge in [-0.25, -0.2) is 9.18 Å². The number of rotatable bonds is 3. The maximum Gasteiger partial charge on any atom is 0.321 e. The summed E-state index contributed by atoms with van der Waals surface area (Å²) >= 11 is 0. The number of nitrogens with one attached hydrogen (secondary N) is 3. The lowest BCUT2D eigenvalue weighted by Gasteiger charge is -2.43. The molecule has 5 nitrogen and oxygen atoms in total. The molecule has 1 heterocycles. The molecule has 0 spiro atoms. The molecule has 1 saturated carbocycles. The first-order valence-corrected chi connectivity index (χ1v) is 6.53. The average molecular weight is 274 g/mol. The number of halogens is 1. The molecule has 2 aromatic rings. The van der Waals surface area contributed by atoms with Crippen molar-refractivity contribution < 1.29 is 9.18 Å². The van der Waals surface area contributed by atoms with Gasteiger partial charge in [0.15, 0.2) is 0 Å². The summed E-state index contributed by atoms with van der Waals surface area (Å²) in [5.74, 6) is 0.222. The minimum Gasteiger partial charge on any atom is -0.328 e. The minimum absolute atomic E-state index is 0.283. The van der Waals surface area contributed by atoms with Gasteiger partial charge in [0.05, 0.1) is 11.7 Å². The number of hydrogen-bond acceptors (Lipinski definition) is 2. The van der Waals surface area contributed by atoms with Gasteiger partial charge in [0, 0.05) is 11.6 Å². The molecule has 0 aliphatic heterocycles. The Morgan fingerprint density at radius 2 is 2.10 bits per heavy atom. The van der Waals surface area contributed by atoms with Crippen LogP contribution in [0.4, 0.5) is 15.0 Å². The molecule has 0 atom stereocenters. The van der Waals surface area contributed by atoms with Crippen molar-refractivity contribution in [3.05, 3.63) is 47.9 Å². The van der Waals surface area contributed by atoms with E-state index >= 15 is 0 Å². The summed E-state index contributed by atoms with van der Waals surface area (Å²) in [5.41, 5.74) is -0.0545. The number of hydrogen-bond donors (Lipinski definition) is 3. The monoisotopic (exact) mass is 274 g/mol. The van der Waals surface area contributed by atoms with Crippen LogP contribution >= 0.6 is 0 Å². The number of amides is 2. The molecule has 0 unspecified atom stereocenters. The van der Waals surface area contributed by atoms with Crippen molar-refractivity contribution in [3.8, 4) is 0 Å². The maximum absolute atomic E-state index is 13.9. The fourth-order valence-electron chi connectivity index (χ4n) is 2.54. The second-order valence-corrected chi connectivity index (χ2v) is 4.96. The standard InChI is InChI=1S/C14H15FN4O/c15-11-5-2-1-4-10(11)14(7-3-8-14)18-13(20)17-12-6-9-16-19-12/h1-2,4-6,9H,3,7-8H2,(H3,16,17,18,19,20). The molecule has 0 bridgehead atoms. The predicted octanol–water partition coefficient (Wildman–Crippen LogP) is 2.75. The van der Waals surface area contributed by atoms with Gasteiger partial charge in [-0.15, -0.1) is 0 Å². The van der Waals surface area contributed by atoms with Gasteiger partial charge in [-0.2, -0.15) is 5.10 Å². The van der Waals surface area contributed by atoms with Crippen LogP contribution in [0.1, 0.15) is 24.8 Å². The second-order valence-electron chi connectivity index (χ2n) is 4.96. The molecule has 1 aromatic carbocycles. The number of nitrogens with zero attached hydrogens (tertiary/aromatic N) is 1. The lowest BCUT2D eigenvalue weighted by Crippen LogP contribution is -2.52. The molecule has 1 aliphatic rings. The van der Waals surface area contributed by atoms with Crippen LogP contribution in [0, 0.1) is 5.82 Å². The fraction of sp³-hybridized carbons (Fsp3) is 0.286. The van der Waals surface area contributed by atoms with E-state index in [1.165, 1.54) is 6.07 Å². The van der Waals surface area contributed by atoms with Crippen LogP contribution in [-0.2, 0) is 5.54 Å². The summed E-state index contributed by atoms with van der Waals surface area (Å²) in [5, 5.41) is 11.9. The van der Waals surface area contributed by atoms with Gasteiger partial charge in [0.1, 0.15) is 11.6 Å². The number of benzene rings is 1. The molecule has 1 fully saturated rings. The van der Waals surface area contributed by atoms with E-state index in [0.717, 1.165) is 19.3 Å². The summed E-state index contributed by atoms with van der Waals surface area (Å²) in [6, 6.07) is 7.87. The minimum atomic E-state index is -0.602. The van der Waals surface area contributed by atoms with Gasteiger partial charge in [-0.05, 0) is 25.3 Å². The first-order valence-electron chi connectivity index (χ1n) is 6.53. The third kappa shape index (κ3) is 2.24. The quantitative estimate of drug-likeness (QED) is 0.805. The smallest absolute Gasteiger partial charge is 0.321 e. The summed E-state index contributed by atoms with van der Waals surface area (Å²) in [4.78, 5) is 12.0. The van der Waals surface area contributed by atoms with Crippen LogP contribution in [0.25, 0.3) is 0 Å². The Kier molecular flexibility index (Phi) is 3.14. The van der Waals surface area contributed by atoms with Crippen molar-refractivity contribution in [2.75, 3.05) is 5.32 Å². The van der Waals surface area contributed by atoms with E-state index in [0.29, 0.717) is 11.4 Å². The zero-order valence-corrected chi connectivity index (χ0v) is 10.8. The van der Waals surface area contributed by atoms with Crippen molar-refractivity contribution in [3.63, 3.8) is 0 Å². The summed E-state index contributed by atoms with van der Waals surface area (Å²) in [7, 11) is 0. The third-order valence-electron chi connectivity index (χ3n) is 3.70. The SMILES string of the molecule is O=C(Nc1ccn[nH]1)NC1(c2ccccc2F)CCC1. The van der Waals surface area contributed by atoms with E-state index in [9.17, 15) is 9.18 Å². The Hall–Kier alpha value is -2.37. The molecule has 1 aliphatic carbocycles. The number of aromatic nitrogens is 2. The number of H-pyrrole nitrogens is 1. The number of anilines is 1. The summed E-state index contributed by atoms with van der Waals surface area (Å²) in [6.45, 7) is 0. The Bertz CT molecular complexity index is 607. The summed E-state index contributed by atoms with van der Waals surface area (Å²) < 4.78 is 13.9. The molecule has 3 N–H and O–H groups in total. The highest BCUT2D eigenvalue weighted by Gasteiger charge is 2.41. The zero-order valence-electron chi connectivity index (χ0n) is 10.8. The molecule has 3 rings (SSSR count). The molecular weight excluding hydrogens is 259 g/mol. The Balaban J connectivity index is 1.77. The van der Waals surface area contributed by atoms with Crippen LogP contribution < -0.4 is 10.6 Å². The fourth-order valence-corrected chi connectivity index (χ4v) is 2.54. The third-order valence-corrected chi connectivity index (χ3v) is 3.70. The van der Waals surface area contributed by atoms with Crippen LogP contribution in [0.3, 0.4) is 0 Å². The lowest BCUT2D eigenvalue weighted by molar-refractivity contribution is 0.180. The molecule has 0 saturated heterocycles. The van der Waals surface area contributed by atoms with Gasteiger partial charge in [-0.3, -0.25) is 10.4 Å². The van der Waals surface area contributed by atoms with Gasteiger partial charge in [0.2, 0.25) is 0 Å². The van der Waals surface area contributed by atoms with Crippen molar-refractivity contribution in [2.45, 2.75) is 24.8 Å². The normalized spacial score (nSPS) is 16.2. The molecule has 2 amide bonds. The van der Waals surface area contributed by atoms with E-state index in [1.54, 1.807) is 30.5 Å². The predicted molar refractivity (Wildman–Crippen MR) is 72.7 cm³/mol. The number of aromatic amines is 1. The van der Waals surface area contributed by atoms with Gasteiger partial charge in [0.25, 0.3) is 0 Å². The van der Waals surface area contributed by atoms with Gasteiger partial charge in [-0.1, -0.05) is 18.2 Å². The van der Waals surface area contributed by atoms with E-state index in [-0.39, 0.29) is 11.8 Å². The van der Waals surface area contributed by atoms with E-state index in [2.05, 4.69) is 20.8 Å². The molecule has 0 radical (unpaired) electrons. The first-order chi connectivity index (χ1) is 9.70. The Morgan fingerprint density at radius 1 is 1.30 bits per heavy atom. The summed E-state index contributed by atoms with van der Waals surface area (Å²) in [6.07, 6.45) is 4.00. The second kappa shape index (κ2) is 4.96. The lowest BCUT2D eigenvalue weighted by atomic mass is 9.71. The van der Waals surface area contributed by atoms with Crippen molar-refractivity contribution in [1.82, 2.24) is 15.5 Å². The van der Waals surface area contributed by atoms with Crippen LogP contribution in [0.15, 0.2) is 36.5 Å². The molecular formula is C14H15FN4O. The van der Waals surface area contributed by atoms with E-state index < -0.39 is 5.54 Å². The first kappa shape index (κ1) is 12.7. The van der Waals surface area contributed by atoms with E-state index in [1.807, 2.05) is 0 Å². The topological polar surface area (TPSA) is 69.8 Å². The molecule has 104 valence electrons. The van der Waals surface area contributed by atoms with Gasteiger partial charge >= 0.3 is 6.03 Å². The van der Waals surface area contributed by atoms with Crippen molar-refractivity contribution in [1.29, 1.82) is 0 Å². The van der Waals surface area contributed by atoms with Gasteiger partial charge < -0.3 is 5.32 Å². The zero-order chi connectivity index (χ0) is 14.0. The van der Waals surface area contributed by atoms with Crippen molar-refractivity contribution in [2.24, 2.45) is 0 Å². The number of carbonyl (C=O) groups excluding carboxylic acids is 1. The van der Waals surface area contributed by atoms with Crippen molar-refractivity contribution >= 4 is 11.8 Å². The molecule has 1 aromatic heterocycles. The highest BCUT2D eigenvalue weighted by molar-refractivity contribution is 5.88.